The number of halogens is 1. The maximum absolute atomic E-state index is 12.4. The summed E-state index contributed by atoms with van der Waals surface area (Å²) in [5.74, 6) is -0.0879. The molecule has 20 heavy (non-hydrogen) atoms. The minimum Gasteiger partial charge on any atom is -0.495 e. The number of carbonyl (C=O) groups is 1. The topological polar surface area (TPSA) is 96.9 Å². The standard InChI is InChI=1S/C13H18ClN3O3/c1-4-13(2,11(15)17-19)12(18)16-9-7-8(14)5-6-10(9)20-3/h5-7,19H,4H2,1-3H3,(H2,15,17)(H,16,18). The quantitative estimate of drug-likeness (QED) is 0.337. The van der Waals surface area contributed by atoms with E-state index < -0.39 is 11.3 Å². The van der Waals surface area contributed by atoms with Crippen LogP contribution < -0.4 is 15.8 Å². The van der Waals surface area contributed by atoms with Crippen LogP contribution in [-0.2, 0) is 4.79 Å². The van der Waals surface area contributed by atoms with Gasteiger partial charge in [-0.25, -0.2) is 0 Å². The second kappa shape index (κ2) is 6.47. The Morgan fingerprint density at radius 2 is 2.25 bits per heavy atom. The van der Waals surface area contributed by atoms with Crippen LogP contribution in [0.15, 0.2) is 23.4 Å². The van der Waals surface area contributed by atoms with Crippen molar-refractivity contribution in [3.05, 3.63) is 23.2 Å². The second-order valence-corrected chi connectivity index (χ2v) is 4.91. The number of carbonyl (C=O) groups excluding carboxylic acids is 1. The molecular formula is C13H18ClN3O3. The number of rotatable bonds is 5. The molecule has 6 nitrogen and oxygen atoms in total. The summed E-state index contributed by atoms with van der Waals surface area (Å²) in [6.07, 6.45) is 0.373. The van der Waals surface area contributed by atoms with Crippen molar-refractivity contribution in [2.75, 3.05) is 12.4 Å². The highest BCUT2D eigenvalue weighted by atomic mass is 35.5. The molecular weight excluding hydrogens is 282 g/mol. The molecule has 0 aliphatic rings. The summed E-state index contributed by atoms with van der Waals surface area (Å²) in [5, 5.41) is 14.9. The fraction of sp³-hybridized carbons (Fsp3) is 0.385. The maximum Gasteiger partial charge on any atom is 0.238 e. The van der Waals surface area contributed by atoms with Gasteiger partial charge in [-0.2, -0.15) is 0 Å². The van der Waals surface area contributed by atoms with Crippen molar-refractivity contribution in [3.63, 3.8) is 0 Å². The van der Waals surface area contributed by atoms with Gasteiger partial charge in [-0.15, -0.1) is 0 Å². The predicted octanol–water partition coefficient (Wildman–Crippen LogP) is 2.45. The van der Waals surface area contributed by atoms with Crippen LogP contribution >= 0.6 is 11.6 Å². The zero-order valence-electron chi connectivity index (χ0n) is 11.6. The van der Waals surface area contributed by atoms with Gasteiger partial charge in [-0.05, 0) is 31.5 Å². The summed E-state index contributed by atoms with van der Waals surface area (Å²) in [6, 6.07) is 4.87. The molecule has 0 bridgehead atoms. The van der Waals surface area contributed by atoms with E-state index in [4.69, 9.17) is 27.3 Å². The molecule has 1 rings (SSSR count). The molecule has 1 aromatic rings. The molecule has 0 fully saturated rings. The molecule has 110 valence electrons. The first-order valence-electron chi connectivity index (χ1n) is 6.02. The van der Waals surface area contributed by atoms with E-state index in [1.807, 2.05) is 0 Å². The molecule has 1 amide bonds. The average Bonchev–Trinajstić information content (AvgIpc) is 2.45. The molecule has 0 aliphatic carbocycles. The van der Waals surface area contributed by atoms with E-state index in [9.17, 15) is 4.79 Å². The SMILES string of the molecule is CCC(C)(C(=O)Nc1cc(Cl)ccc1OC)/C(N)=N/O. The number of nitrogens with one attached hydrogen (secondary N) is 1. The van der Waals surface area contributed by atoms with Crippen molar-refractivity contribution < 1.29 is 14.7 Å². The van der Waals surface area contributed by atoms with Gasteiger partial charge in [-0.3, -0.25) is 4.79 Å². The molecule has 7 heteroatoms. The number of methoxy groups -OCH3 is 1. The van der Waals surface area contributed by atoms with Gasteiger partial charge in [0.05, 0.1) is 12.8 Å². The number of hydrogen-bond acceptors (Lipinski definition) is 4. The summed E-state index contributed by atoms with van der Waals surface area (Å²) < 4.78 is 5.15. The van der Waals surface area contributed by atoms with Crippen LogP contribution in [0.5, 0.6) is 5.75 Å². The number of benzene rings is 1. The predicted molar refractivity (Wildman–Crippen MR) is 78.4 cm³/mol. The highest BCUT2D eigenvalue weighted by Crippen LogP contribution is 2.30. The summed E-state index contributed by atoms with van der Waals surface area (Å²) in [7, 11) is 1.49. The third-order valence-electron chi connectivity index (χ3n) is 3.29. The van der Waals surface area contributed by atoms with Gasteiger partial charge in [-0.1, -0.05) is 23.7 Å². The number of amides is 1. The summed E-state index contributed by atoms with van der Waals surface area (Å²) in [4.78, 5) is 12.4. The van der Waals surface area contributed by atoms with Gasteiger partial charge in [0, 0.05) is 5.02 Å². The highest BCUT2D eigenvalue weighted by molar-refractivity contribution is 6.31. The Morgan fingerprint density at radius 1 is 1.60 bits per heavy atom. The van der Waals surface area contributed by atoms with E-state index in [-0.39, 0.29) is 5.84 Å². The molecule has 0 radical (unpaired) electrons. The molecule has 1 atom stereocenters. The summed E-state index contributed by atoms with van der Waals surface area (Å²) >= 11 is 5.90. The van der Waals surface area contributed by atoms with Crippen LogP contribution in [0.1, 0.15) is 20.3 Å². The van der Waals surface area contributed by atoms with Crippen LogP contribution in [0, 0.1) is 5.41 Å². The number of hydrogen-bond donors (Lipinski definition) is 3. The average molecular weight is 300 g/mol. The minimum absolute atomic E-state index is 0.154. The Morgan fingerprint density at radius 3 is 2.75 bits per heavy atom. The maximum atomic E-state index is 12.4. The lowest BCUT2D eigenvalue weighted by atomic mass is 9.85. The van der Waals surface area contributed by atoms with Crippen molar-refractivity contribution in [2.24, 2.45) is 16.3 Å². The Kier molecular flexibility index (Phi) is 5.21. The highest BCUT2D eigenvalue weighted by Gasteiger charge is 2.36. The first-order valence-corrected chi connectivity index (χ1v) is 6.39. The number of ether oxygens (including phenoxy) is 1. The fourth-order valence-corrected chi connectivity index (χ4v) is 1.78. The van der Waals surface area contributed by atoms with Gasteiger partial charge in [0.25, 0.3) is 0 Å². The third-order valence-corrected chi connectivity index (χ3v) is 3.53. The van der Waals surface area contributed by atoms with Crippen molar-refractivity contribution >= 4 is 29.0 Å². The van der Waals surface area contributed by atoms with Crippen molar-refractivity contribution in [3.8, 4) is 5.75 Å². The van der Waals surface area contributed by atoms with Crippen LogP contribution in [0.25, 0.3) is 0 Å². The van der Waals surface area contributed by atoms with Crippen LogP contribution in [0.4, 0.5) is 5.69 Å². The van der Waals surface area contributed by atoms with Gasteiger partial charge < -0.3 is 21.0 Å². The van der Waals surface area contributed by atoms with E-state index in [1.165, 1.54) is 7.11 Å². The summed E-state index contributed by atoms with van der Waals surface area (Å²) in [6.45, 7) is 3.36. The lowest BCUT2D eigenvalue weighted by molar-refractivity contribution is -0.121. The first-order chi connectivity index (χ1) is 9.38. The van der Waals surface area contributed by atoms with E-state index in [0.717, 1.165) is 0 Å². The lowest BCUT2D eigenvalue weighted by Crippen LogP contribution is -2.44. The molecule has 0 heterocycles. The van der Waals surface area contributed by atoms with Gasteiger partial charge in [0.15, 0.2) is 5.84 Å². The van der Waals surface area contributed by atoms with Crippen molar-refractivity contribution in [1.29, 1.82) is 0 Å². The number of anilines is 1. The van der Waals surface area contributed by atoms with Crippen molar-refractivity contribution in [1.82, 2.24) is 0 Å². The lowest BCUT2D eigenvalue weighted by Gasteiger charge is -2.25. The van der Waals surface area contributed by atoms with Gasteiger partial charge in [0.1, 0.15) is 11.2 Å². The first kappa shape index (κ1) is 16.1. The summed E-state index contributed by atoms with van der Waals surface area (Å²) in [5.41, 5.74) is 4.90. The second-order valence-electron chi connectivity index (χ2n) is 4.47. The number of nitrogens with zero attached hydrogens (tertiary/aromatic N) is 1. The Balaban J connectivity index is 3.09. The zero-order valence-corrected chi connectivity index (χ0v) is 12.4. The monoisotopic (exact) mass is 299 g/mol. The number of nitrogens with two attached hydrogens (primary N) is 1. The van der Waals surface area contributed by atoms with Crippen molar-refractivity contribution in [2.45, 2.75) is 20.3 Å². The van der Waals surface area contributed by atoms with Crippen LogP contribution in [-0.4, -0.2) is 24.1 Å². The fourth-order valence-electron chi connectivity index (χ4n) is 1.61. The minimum atomic E-state index is -1.12. The van der Waals surface area contributed by atoms with E-state index in [0.29, 0.717) is 22.9 Å². The molecule has 0 aromatic heterocycles. The normalized spacial score (nSPS) is 14.5. The molecule has 4 N–H and O–H groups in total. The Hall–Kier alpha value is -1.95. The van der Waals surface area contributed by atoms with E-state index >= 15 is 0 Å². The molecule has 0 saturated heterocycles. The molecule has 0 aliphatic heterocycles. The zero-order chi connectivity index (χ0) is 15.3. The van der Waals surface area contributed by atoms with Gasteiger partial charge >= 0.3 is 0 Å². The molecule has 0 saturated carbocycles. The van der Waals surface area contributed by atoms with E-state index in [2.05, 4.69) is 10.5 Å². The Bertz CT molecular complexity index is 534. The molecule has 1 aromatic carbocycles. The van der Waals surface area contributed by atoms with E-state index in [1.54, 1.807) is 32.0 Å². The smallest absolute Gasteiger partial charge is 0.238 e. The third kappa shape index (κ3) is 3.14. The largest absolute Gasteiger partial charge is 0.495 e. The number of amidine groups is 1. The Labute approximate surface area is 122 Å². The molecule has 1 unspecified atom stereocenters. The van der Waals surface area contributed by atoms with Crippen LogP contribution in [0.2, 0.25) is 5.02 Å². The van der Waals surface area contributed by atoms with Crippen LogP contribution in [0.3, 0.4) is 0 Å². The number of oxime groups is 1. The van der Waals surface area contributed by atoms with Gasteiger partial charge in [0.2, 0.25) is 5.91 Å². The molecule has 0 spiro atoms.